The maximum atomic E-state index is 13.1. The van der Waals surface area contributed by atoms with E-state index >= 15 is 0 Å². The van der Waals surface area contributed by atoms with Gasteiger partial charge in [0, 0.05) is 28.9 Å². The van der Waals surface area contributed by atoms with Gasteiger partial charge >= 0.3 is 5.97 Å². The van der Waals surface area contributed by atoms with Gasteiger partial charge in [0.05, 0.1) is 12.4 Å². The summed E-state index contributed by atoms with van der Waals surface area (Å²) in [4.78, 5) is 25.4. The molecular weight excluding hydrogens is 320 g/mol. The summed E-state index contributed by atoms with van der Waals surface area (Å²) in [7, 11) is 0. The van der Waals surface area contributed by atoms with E-state index in [-0.39, 0.29) is 29.9 Å². The molecule has 1 spiro atoms. The number of carbonyl (C=O) groups excluding carboxylic acids is 2. The predicted molar refractivity (Wildman–Crippen MR) is 90.3 cm³/mol. The van der Waals surface area contributed by atoms with Crippen molar-refractivity contribution in [3.8, 4) is 0 Å². The van der Waals surface area contributed by atoms with Crippen LogP contribution in [0.5, 0.6) is 0 Å². The molecule has 25 heavy (non-hydrogen) atoms. The zero-order valence-corrected chi connectivity index (χ0v) is 15.3. The number of ketones is 1. The zero-order valence-electron chi connectivity index (χ0n) is 15.3. The molecule has 0 radical (unpaired) electrons. The summed E-state index contributed by atoms with van der Waals surface area (Å²) in [5.74, 6) is 0.116. The molecule has 1 aromatic rings. The van der Waals surface area contributed by atoms with Crippen LogP contribution < -0.4 is 0 Å². The van der Waals surface area contributed by atoms with Crippen molar-refractivity contribution in [2.75, 3.05) is 0 Å². The first-order valence-corrected chi connectivity index (χ1v) is 8.89. The second-order valence-electron chi connectivity index (χ2n) is 7.93. The largest absolute Gasteiger partial charge is 0.461 e. The van der Waals surface area contributed by atoms with Crippen molar-refractivity contribution in [1.82, 2.24) is 0 Å². The van der Waals surface area contributed by atoms with Crippen LogP contribution in [-0.2, 0) is 20.7 Å². The number of rotatable bonds is 2. The number of epoxide rings is 1. The van der Waals surface area contributed by atoms with Gasteiger partial charge in [-0.2, -0.15) is 0 Å². The molecule has 5 nitrogen and oxygen atoms in total. The summed E-state index contributed by atoms with van der Waals surface area (Å²) in [6.45, 7) is 9.69. The Morgan fingerprint density at radius 2 is 2.16 bits per heavy atom. The van der Waals surface area contributed by atoms with Crippen molar-refractivity contribution in [2.24, 2.45) is 11.3 Å². The minimum Gasteiger partial charge on any atom is -0.461 e. The lowest BCUT2D eigenvalue weighted by molar-refractivity contribution is -0.152. The maximum absolute atomic E-state index is 13.1. The number of Topliss-reactive ketones (excluding diaryl/α,β-unsaturated/α-hetero) is 1. The van der Waals surface area contributed by atoms with E-state index in [2.05, 4.69) is 13.8 Å². The molecule has 2 fully saturated rings. The van der Waals surface area contributed by atoms with Gasteiger partial charge in [-0.25, -0.2) is 4.79 Å². The summed E-state index contributed by atoms with van der Waals surface area (Å²) in [6, 6.07) is 0. The maximum Gasteiger partial charge on any atom is 0.333 e. The normalized spacial score (nSPS) is 39.3. The van der Waals surface area contributed by atoms with Crippen molar-refractivity contribution in [3.63, 3.8) is 0 Å². The van der Waals surface area contributed by atoms with E-state index < -0.39 is 11.0 Å². The van der Waals surface area contributed by atoms with E-state index in [1.807, 2.05) is 13.8 Å². The zero-order chi connectivity index (χ0) is 18.1. The number of furan rings is 1. The average Bonchev–Trinajstić information content (AvgIpc) is 3.22. The Hall–Kier alpha value is -1.88. The summed E-state index contributed by atoms with van der Waals surface area (Å²) >= 11 is 0. The summed E-state index contributed by atoms with van der Waals surface area (Å²) < 4.78 is 17.3. The lowest BCUT2D eigenvalue weighted by Gasteiger charge is -2.48. The highest BCUT2D eigenvalue weighted by Crippen LogP contribution is 2.65. The van der Waals surface area contributed by atoms with Gasteiger partial charge in [-0.15, -0.1) is 0 Å². The Morgan fingerprint density at radius 3 is 2.84 bits per heavy atom. The van der Waals surface area contributed by atoms with Crippen molar-refractivity contribution in [1.29, 1.82) is 0 Å². The number of hydrogen-bond donors (Lipinski definition) is 0. The molecule has 1 saturated heterocycles. The van der Waals surface area contributed by atoms with Crippen LogP contribution >= 0.6 is 0 Å². The Balaban J connectivity index is 1.70. The van der Waals surface area contributed by atoms with Gasteiger partial charge in [0.25, 0.3) is 0 Å². The number of allylic oxidation sites excluding steroid dienone is 1. The standard InChI is InChI=1S/C20H24O5/c1-6-10(2)18(22)24-14-7-15-20(25-15)17(21)16-13(11(3)9-23-16)8-19(20,5)12(14)4/h6,9,12,14-15H,7-8H2,1-5H3/b10-6-/t12-,14-,15+,19+,20-/m0/s1. The predicted octanol–water partition coefficient (Wildman–Crippen LogP) is 3.39. The van der Waals surface area contributed by atoms with Crippen molar-refractivity contribution >= 4 is 11.8 Å². The number of ether oxygens (including phenoxy) is 2. The number of aryl methyl sites for hydroxylation is 1. The minimum absolute atomic E-state index is 0.00579. The highest BCUT2D eigenvalue weighted by atomic mass is 16.6. The van der Waals surface area contributed by atoms with Crippen molar-refractivity contribution < 1.29 is 23.5 Å². The van der Waals surface area contributed by atoms with Crippen LogP contribution in [-0.4, -0.2) is 29.6 Å². The van der Waals surface area contributed by atoms with E-state index in [0.717, 1.165) is 11.1 Å². The van der Waals surface area contributed by atoms with Crippen LogP contribution in [0.25, 0.3) is 0 Å². The van der Waals surface area contributed by atoms with E-state index in [4.69, 9.17) is 13.9 Å². The molecule has 5 heteroatoms. The van der Waals surface area contributed by atoms with Crippen molar-refractivity contribution in [3.05, 3.63) is 34.8 Å². The molecule has 0 bridgehead atoms. The summed E-state index contributed by atoms with van der Waals surface area (Å²) in [5, 5.41) is 0. The molecule has 134 valence electrons. The van der Waals surface area contributed by atoms with Gasteiger partial charge in [0.1, 0.15) is 6.10 Å². The number of carbonyl (C=O) groups is 2. The molecule has 5 atom stereocenters. The number of hydrogen-bond acceptors (Lipinski definition) is 5. The Labute approximate surface area is 147 Å². The molecule has 0 amide bonds. The van der Waals surface area contributed by atoms with E-state index in [9.17, 15) is 9.59 Å². The second-order valence-corrected chi connectivity index (χ2v) is 7.93. The third kappa shape index (κ3) is 1.93. The molecule has 2 aliphatic carbocycles. The highest BCUT2D eigenvalue weighted by Gasteiger charge is 2.78. The van der Waals surface area contributed by atoms with Crippen LogP contribution in [0, 0.1) is 18.3 Å². The SMILES string of the molecule is C/C=C(/C)C(=O)O[C@H]1C[C@H]2O[C@]23C(=O)c2occ(C)c2C[C@]3(C)[C@H]1C. The molecule has 4 rings (SSSR count). The molecule has 1 aliphatic heterocycles. The lowest BCUT2D eigenvalue weighted by Crippen LogP contribution is -2.59. The summed E-state index contributed by atoms with van der Waals surface area (Å²) in [6.07, 6.45) is 4.19. The minimum atomic E-state index is -0.817. The Morgan fingerprint density at radius 1 is 1.44 bits per heavy atom. The molecule has 0 unspecified atom stereocenters. The highest BCUT2D eigenvalue weighted by molar-refractivity contribution is 6.06. The van der Waals surface area contributed by atoms with Crippen LogP contribution in [0.15, 0.2) is 22.3 Å². The average molecular weight is 344 g/mol. The molecule has 0 N–H and O–H groups in total. The topological polar surface area (TPSA) is 69.0 Å². The van der Waals surface area contributed by atoms with Crippen LogP contribution in [0.1, 0.15) is 55.8 Å². The Kier molecular flexibility index (Phi) is 3.36. The smallest absolute Gasteiger partial charge is 0.333 e. The van der Waals surface area contributed by atoms with Gasteiger partial charge in [-0.05, 0) is 32.8 Å². The molecule has 2 heterocycles. The fraction of sp³-hybridized carbons (Fsp3) is 0.600. The second kappa shape index (κ2) is 5.07. The molecular formula is C20H24O5. The number of fused-ring (bicyclic) bond motifs is 1. The molecule has 3 aliphatic rings. The van der Waals surface area contributed by atoms with Crippen LogP contribution in [0.4, 0.5) is 0 Å². The molecule has 1 aromatic heterocycles. The first-order valence-electron chi connectivity index (χ1n) is 8.89. The van der Waals surface area contributed by atoms with Crippen LogP contribution in [0.2, 0.25) is 0 Å². The first-order chi connectivity index (χ1) is 11.8. The van der Waals surface area contributed by atoms with E-state index in [0.29, 0.717) is 24.2 Å². The summed E-state index contributed by atoms with van der Waals surface area (Å²) in [5.41, 5.74) is 1.33. The third-order valence-corrected chi connectivity index (χ3v) is 6.79. The molecule has 0 aromatic carbocycles. The fourth-order valence-electron chi connectivity index (χ4n) is 4.74. The van der Waals surface area contributed by atoms with Gasteiger partial charge in [0.15, 0.2) is 11.4 Å². The Bertz CT molecular complexity index is 803. The van der Waals surface area contributed by atoms with Crippen LogP contribution in [0.3, 0.4) is 0 Å². The van der Waals surface area contributed by atoms with Gasteiger partial charge < -0.3 is 13.9 Å². The van der Waals surface area contributed by atoms with E-state index in [1.54, 1.807) is 19.3 Å². The van der Waals surface area contributed by atoms with Gasteiger partial charge in [0.2, 0.25) is 5.78 Å². The number of esters is 1. The molecule has 1 saturated carbocycles. The first kappa shape index (κ1) is 16.6. The van der Waals surface area contributed by atoms with Crippen molar-refractivity contribution in [2.45, 2.75) is 65.3 Å². The van der Waals surface area contributed by atoms with E-state index in [1.165, 1.54) is 0 Å². The lowest BCUT2D eigenvalue weighted by atomic mass is 9.54. The quantitative estimate of drug-likeness (QED) is 0.467. The third-order valence-electron chi connectivity index (χ3n) is 6.79. The fourth-order valence-corrected chi connectivity index (χ4v) is 4.74. The van der Waals surface area contributed by atoms with Gasteiger partial charge in [-0.3, -0.25) is 4.79 Å². The monoisotopic (exact) mass is 344 g/mol. The van der Waals surface area contributed by atoms with Gasteiger partial charge in [-0.1, -0.05) is 19.9 Å².